The highest BCUT2D eigenvalue weighted by Gasteiger charge is 2.28. The Bertz CT molecular complexity index is 417. The number of rotatable bonds is 4. The lowest BCUT2D eigenvalue weighted by molar-refractivity contribution is -0.326. The zero-order valence-electron chi connectivity index (χ0n) is 8.96. The Kier molecular flexibility index (Phi) is 4.80. The van der Waals surface area contributed by atoms with Gasteiger partial charge in [0, 0.05) is 5.69 Å². The number of alkyl halides is 3. The summed E-state index contributed by atoms with van der Waals surface area (Å²) in [6.07, 6.45) is -4.75. The van der Waals surface area contributed by atoms with Gasteiger partial charge in [-0.3, -0.25) is 4.74 Å². The molecule has 18 heavy (non-hydrogen) atoms. The van der Waals surface area contributed by atoms with E-state index in [1.165, 1.54) is 18.2 Å². The SMILES string of the molecule is Nc1cccc(Cl)c1C(=O)OCCOC(F)(F)F. The number of esters is 1. The molecule has 0 atom stereocenters. The van der Waals surface area contributed by atoms with Gasteiger partial charge in [-0.05, 0) is 12.1 Å². The first-order valence-corrected chi connectivity index (χ1v) is 5.11. The highest BCUT2D eigenvalue weighted by molar-refractivity contribution is 6.34. The molecule has 1 aromatic rings. The average molecular weight is 284 g/mol. The third kappa shape index (κ3) is 4.42. The summed E-state index contributed by atoms with van der Waals surface area (Å²) < 4.78 is 42.9. The van der Waals surface area contributed by atoms with Crippen molar-refractivity contribution in [3.05, 3.63) is 28.8 Å². The van der Waals surface area contributed by atoms with Crippen molar-refractivity contribution >= 4 is 23.3 Å². The lowest BCUT2D eigenvalue weighted by atomic mass is 10.2. The van der Waals surface area contributed by atoms with Crippen molar-refractivity contribution in [1.82, 2.24) is 0 Å². The molecule has 4 nitrogen and oxygen atoms in total. The van der Waals surface area contributed by atoms with Crippen LogP contribution in [0.3, 0.4) is 0 Å². The molecule has 0 radical (unpaired) electrons. The summed E-state index contributed by atoms with van der Waals surface area (Å²) in [6.45, 7) is -1.34. The number of nitrogens with two attached hydrogens (primary N) is 1. The molecule has 0 aliphatic carbocycles. The first-order valence-electron chi connectivity index (χ1n) is 4.73. The van der Waals surface area contributed by atoms with Crippen LogP contribution < -0.4 is 5.73 Å². The van der Waals surface area contributed by atoms with Gasteiger partial charge in [0.05, 0.1) is 11.6 Å². The van der Waals surface area contributed by atoms with Crippen LogP contribution in [0.25, 0.3) is 0 Å². The number of carbonyl (C=O) groups excluding carboxylic acids is 1. The van der Waals surface area contributed by atoms with Crippen LogP contribution in [0.15, 0.2) is 18.2 Å². The van der Waals surface area contributed by atoms with Crippen LogP contribution in [-0.4, -0.2) is 25.5 Å². The van der Waals surface area contributed by atoms with E-state index in [1.54, 1.807) is 0 Å². The van der Waals surface area contributed by atoms with Crippen LogP contribution in [0.2, 0.25) is 5.02 Å². The lowest BCUT2D eigenvalue weighted by Crippen LogP contribution is -2.19. The van der Waals surface area contributed by atoms with Gasteiger partial charge in [0.2, 0.25) is 0 Å². The van der Waals surface area contributed by atoms with E-state index in [0.717, 1.165) is 0 Å². The van der Waals surface area contributed by atoms with E-state index in [2.05, 4.69) is 9.47 Å². The molecule has 0 heterocycles. The number of nitrogen functional groups attached to an aromatic ring is 1. The molecular formula is C10H9ClF3NO3. The second kappa shape index (κ2) is 5.92. The van der Waals surface area contributed by atoms with Crippen molar-refractivity contribution in [2.75, 3.05) is 18.9 Å². The van der Waals surface area contributed by atoms with Gasteiger partial charge in [0.25, 0.3) is 0 Å². The molecule has 0 aliphatic heterocycles. The van der Waals surface area contributed by atoms with Crippen LogP contribution in [-0.2, 0) is 9.47 Å². The molecule has 0 saturated heterocycles. The molecule has 0 fully saturated rings. The van der Waals surface area contributed by atoms with Crippen molar-refractivity contribution in [3.63, 3.8) is 0 Å². The van der Waals surface area contributed by atoms with Crippen LogP contribution >= 0.6 is 11.6 Å². The quantitative estimate of drug-likeness (QED) is 0.524. The fourth-order valence-electron chi connectivity index (χ4n) is 1.12. The van der Waals surface area contributed by atoms with Crippen molar-refractivity contribution in [2.24, 2.45) is 0 Å². The third-order valence-electron chi connectivity index (χ3n) is 1.83. The molecule has 0 unspecified atom stereocenters. The summed E-state index contributed by atoms with van der Waals surface area (Å²) >= 11 is 5.72. The van der Waals surface area contributed by atoms with Gasteiger partial charge in [-0.1, -0.05) is 17.7 Å². The van der Waals surface area contributed by atoms with E-state index in [4.69, 9.17) is 17.3 Å². The summed E-state index contributed by atoms with van der Waals surface area (Å²) in [6, 6.07) is 4.37. The van der Waals surface area contributed by atoms with Gasteiger partial charge in [-0.2, -0.15) is 0 Å². The Morgan fingerprint density at radius 3 is 2.56 bits per heavy atom. The Morgan fingerprint density at radius 2 is 2.00 bits per heavy atom. The van der Waals surface area contributed by atoms with Gasteiger partial charge < -0.3 is 10.5 Å². The number of halogens is 4. The maximum atomic E-state index is 11.6. The number of hydrogen-bond donors (Lipinski definition) is 1. The Balaban J connectivity index is 2.51. The fraction of sp³-hybridized carbons (Fsp3) is 0.300. The predicted molar refractivity (Wildman–Crippen MR) is 58.2 cm³/mol. The molecule has 1 aromatic carbocycles. The van der Waals surface area contributed by atoms with Crippen LogP contribution in [0.4, 0.5) is 18.9 Å². The number of ether oxygens (including phenoxy) is 2. The normalized spacial score (nSPS) is 11.3. The molecule has 0 aromatic heterocycles. The lowest BCUT2D eigenvalue weighted by Gasteiger charge is -2.10. The summed E-state index contributed by atoms with van der Waals surface area (Å²) in [5, 5.41) is 0.0664. The largest absolute Gasteiger partial charge is 0.522 e. The molecule has 0 aliphatic rings. The minimum atomic E-state index is -4.75. The van der Waals surface area contributed by atoms with Crippen LogP contribution in [0.1, 0.15) is 10.4 Å². The molecule has 100 valence electrons. The Hall–Kier alpha value is -1.47. The molecule has 0 amide bonds. The summed E-state index contributed by atoms with van der Waals surface area (Å²) in [5.74, 6) is -0.899. The van der Waals surface area contributed by atoms with Crippen LogP contribution in [0, 0.1) is 0 Å². The maximum absolute atomic E-state index is 11.6. The van der Waals surface area contributed by atoms with Gasteiger partial charge in [0.15, 0.2) is 0 Å². The maximum Gasteiger partial charge on any atom is 0.522 e. The second-order valence-corrected chi connectivity index (χ2v) is 3.54. The summed E-state index contributed by atoms with van der Waals surface area (Å²) in [4.78, 5) is 11.5. The number of anilines is 1. The van der Waals surface area contributed by atoms with Crippen molar-refractivity contribution < 1.29 is 27.4 Å². The minimum absolute atomic E-state index is 0.0664. The predicted octanol–water partition coefficient (Wildman–Crippen LogP) is 2.62. The standard InChI is InChI=1S/C10H9ClF3NO3/c11-6-2-1-3-7(15)8(6)9(16)17-4-5-18-10(12,13)14/h1-3H,4-5,15H2. The highest BCUT2D eigenvalue weighted by Crippen LogP contribution is 2.22. The molecule has 0 spiro atoms. The van der Waals surface area contributed by atoms with Crippen LogP contribution in [0.5, 0.6) is 0 Å². The molecule has 8 heteroatoms. The third-order valence-corrected chi connectivity index (χ3v) is 2.15. The van der Waals surface area contributed by atoms with Crippen molar-refractivity contribution in [2.45, 2.75) is 6.36 Å². The van der Waals surface area contributed by atoms with Gasteiger partial charge in [-0.15, -0.1) is 13.2 Å². The van der Waals surface area contributed by atoms with E-state index >= 15 is 0 Å². The summed E-state index contributed by atoms with van der Waals surface area (Å²) in [5.41, 5.74) is 5.51. The smallest absolute Gasteiger partial charge is 0.460 e. The number of hydrogen-bond acceptors (Lipinski definition) is 4. The van der Waals surface area contributed by atoms with E-state index in [-0.39, 0.29) is 16.3 Å². The molecular weight excluding hydrogens is 275 g/mol. The zero-order chi connectivity index (χ0) is 13.8. The average Bonchev–Trinajstić information content (AvgIpc) is 2.23. The van der Waals surface area contributed by atoms with Crippen molar-refractivity contribution in [1.29, 1.82) is 0 Å². The first kappa shape index (κ1) is 14.6. The van der Waals surface area contributed by atoms with Gasteiger partial charge in [-0.25, -0.2) is 4.79 Å². The van der Waals surface area contributed by atoms with Gasteiger partial charge in [0.1, 0.15) is 12.2 Å². The van der Waals surface area contributed by atoms with E-state index in [0.29, 0.717) is 0 Å². The Morgan fingerprint density at radius 1 is 1.33 bits per heavy atom. The first-order chi connectivity index (χ1) is 8.31. The highest BCUT2D eigenvalue weighted by atomic mass is 35.5. The van der Waals surface area contributed by atoms with E-state index in [9.17, 15) is 18.0 Å². The molecule has 0 bridgehead atoms. The topological polar surface area (TPSA) is 61.6 Å². The minimum Gasteiger partial charge on any atom is -0.460 e. The number of benzene rings is 1. The van der Waals surface area contributed by atoms with E-state index < -0.39 is 25.5 Å². The summed E-state index contributed by atoms with van der Waals surface area (Å²) in [7, 11) is 0. The Labute approximate surface area is 105 Å². The zero-order valence-corrected chi connectivity index (χ0v) is 9.72. The van der Waals surface area contributed by atoms with Gasteiger partial charge >= 0.3 is 12.3 Å². The molecule has 1 rings (SSSR count). The number of carbonyl (C=O) groups is 1. The van der Waals surface area contributed by atoms with Crippen molar-refractivity contribution in [3.8, 4) is 0 Å². The fourth-order valence-corrected chi connectivity index (χ4v) is 1.38. The monoisotopic (exact) mass is 283 g/mol. The molecule has 0 saturated carbocycles. The van der Waals surface area contributed by atoms with E-state index in [1.807, 2.05) is 0 Å². The molecule has 2 N–H and O–H groups in total. The second-order valence-electron chi connectivity index (χ2n) is 3.13.